The standard InChI is InChI=1S/C2H4I2.C2H5I.11C2H6OS.C2H6S.10CH4.2H2O/c1-2(3)4;1-2-3;11*1-4(2)3;1-3-2;;;;;;;;;;;;/h2H,1H3;2H2,1H3;11*1-2H3;1-2H3;10*1H4;2*1H2. The third-order valence-corrected chi connectivity index (χ3v) is 0. The van der Waals surface area contributed by atoms with E-state index in [2.05, 4.69) is 81.6 Å². The first kappa shape index (κ1) is 172. The maximum atomic E-state index is 9.56. The summed E-state index contributed by atoms with van der Waals surface area (Å²) in [6.07, 6.45) is 40.1. The molecule has 0 aliphatic heterocycles. The van der Waals surface area contributed by atoms with Crippen molar-refractivity contribution in [3.8, 4) is 0 Å². The molecular formula is C38H125I3O13S12. The van der Waals surface area contributed by atoms with Gasteiger partial charge < -0.3 is 11.0 Å². The van der Waals surface area contributed by atoms with E-state index in [9.17, 15) is 46.3 Å². The lowest BCUT2D eigenvalue weighted by atomic mass is 11.0. The third kappa shape index (κ3) is 18200. The molecule has 0 saturated heterocycles. The zero-order valence-electron chi connectivity index (χ0n) is 38.8. The molecule has 0 amide bonds. The van der Waals surface area contributed by atoms with E-state index < -0.39 is 119 Å². The van der Waals surface area contributed by atoms with E-state index in [-0.39, 0.29) is 85.2 Å². The van der Waals surface area contributed by atoms with E-state index in [1.54, 1.807) is 149 Å². The second-order valence-corrected chi connectivity index (χ2v) is 34.1. The smallest absolute Gasteiger partial charge is 0.0598 e. The van der Waals surface area contributed by atoms with Gasteiger partial charge in [-0.15, -0.1) is 0 Å². The lowest BCUT2D eigenvalue weighted by Crippen LogP contribution is -1.70. The van der Waals surface area contributed by atoms with Crippen LogP contribution in [0.4, 0.5) is 0 Å². The molecule has 0 bridgehead atoms. The number of alkyl halides is 3. The van der Waals surface area contributed by atoms with Gasteiger partial charge in [0.05, 0.1) is 1.93 Å². The van der Waals surface area contributed by atoms with Crippen LogP contribution in [0, 0.1) is 0 Å². The summed E-state index contributed by atoms with van der Waals surface area (Å²) in [7, 11) is -6.72. The van der Waals surface area contributed by atoms with Crippen molar-refractivity contribution in [2.45, 2.75) is 90.0 Å². The molecular weight excluding hydrogens is 1430 g/mol. The van der Waals surface area contributed by atoms with Crippen LogP contribution in [-0.4, -0.2) is 214 Å². The minimum absolute atomic E-state index is 0. The van der Waals surface area contributed by atoms with Crippen molar-refractivity contribution >= 4 is 198 Å². The number of hydrogen-bond acceptors (Lipinski definition) is 12. The topological polar surface area (TPSA) is 251 Å². The van der Waals surface area contributed by atoms with Gasteiger partial charge in [0.15, 0.2) is 0 Å². The Kier molecular flexibility index (Phi) is 471. The molecule has 0 heterocycles. The Labute approximate surface area is 493 Å². The molecule has 0 radical (unpaired) electrons. The second-order valence-electron chi connectivity index (χ2n) is 9.35. The molecule has 0 atom stereocenters. The quantitative estimate of drug-likeness (QED) is 0.163. The molecule has 0 saturated carbocycles. The predicted molar refractivity (Wildman–Crippen MR) is 376 cm³/mol. The van der Waals surface area contributed by atoms with Crippen LogP contribution >= 0.6 is 79.5 Å². The van der Waals surface area contributed by atoms with Crippen LogP contribution in [0.1, 0.15) is 88.1 Å². The summed E-state index contributed by atoms with van der Waals surface area (Å²) < 4.78 is 107. The summed E-state index contributed by atoms with van der Waals surface area (Å²) in [6.45, 7) is 4.25. The van der Waals surface area contributed by atoms with E-state index in [0.717, 1.165) is 1.93 Å². The molecule has 13 nitrogen and oxygen atoms in total. The van der Waals surface area contributed by atoms with E-state index in [4.69, 9.17) is 0 Å². The summed E-state index contributed by atoms with van der Waals surface area (Å²) in [5.41, 5.74) is 0. The van der Waals surface area contributed by atoms with Crippen LogP contribution < -0.4 is 0 Å². The van der Waals surface area contributed by atoms with Crippen molar-refractivity contribution in [3.63, 3.8) is 0 Å². The van der Waals surface area contributed by atoms with Gasteiger partial charge in [-0.1, -0.05) is 149 Å². The highest BCUT2D eigenvalue weighted by Crippen LogP contribution is 2.05. The normalized spacial score (nSPS) is 6.92. The fourth-order valence-electron chi connectivity index (χ4n) is 0. The Morgan fingerprint density at radius 3 is 0.303 bits per heavy atom. The fraction of sp³-hybridized carbons (Fsp3) is 1.00. The van der Waals surface area contributed by atoms with Crippen LogP contribution in [-0.2, 0) is 119 Å². The zero-order chi connectivity index (χ0) is 48.3. The molecule has 0 fully saturated rings. The van der Waals surface area contributed by atoms with Crippen LogP contribution in [0.25, 0.3) is 0 Å². The van der Waals surface area contributed by atoms with Crippen LogP contribution in [0.15, 0.2) is 0 Å². The first-order chi connectivity index (χ1) is 23.6. The molecule has 66 heavy (non-hydrogen) atoms. The lowest BCUT2D eigenvalue weighted by molar-refractivity contribution is 0.689. The van der Waals surface area contributed by atoms with Gasteiger partial charge >= 0.3 is 0 Å². The molecule has 4 N–H and O–H groups in total. The third-order valence-electron chi connectivity index (χ3n) is 0. The Hall–Kier alpha value is 4.11. The average molecular weight is 1560 g/mol. The van der Waals surface area contributed by atoms with E-state index in [1.807, 2.05) is 12.5 Å². The molecule has 0 spiro atoms. The van der Waals surface area contributed by atoms with Gasteiger partial charge in [0.25, 0.3) is 0 Å². The predicted octanol–water partition coefficient (Wildman–Crippen LogP) is 9.28. The second kappa shape index (κ2) is 181. The highest BCUT2D eigenvalue weighted by molar-refractivity contribution is 14.2. The SMILES string of the molecule is C.C.C.C.C.C.C.C.C.C.CC(I)I.CCI.CS(C)=O.CS(C)=O.CS(C)=O.CS(C)=O.CS(C)=O.CS(C)=O.CS(C)=O.CS(C)=O.CS(C)=O.CS(C)=O.CS(C)=O.CSC.O.O. The molecule has 0 rings (SSSR count). The molecule has 0 aromatic carbocycles. The molecule has 0 aliphatic carbocycles. The maximum Gasteiger partial charge on any atom is 0.0598 e. The van der Waals surface area contributed by atoms with Crippen molar-refractivity contribution in [1.82, 2.24) is 0 Å². The van der Waals surface area contributed by atoms with Gasteiger partial charge in [0.2, 0.25) is 0 Å². The van der Waals surface area contributed by atoms with E-state index in [1.165, 1.54) is 4.43 Å². The van der Waals surface area contributed by atoms with Crippen molar-refractivity contribution < 1.29 is 57.3 Å². The first-order valence-corrected chi connectivity index (χ1v) is 40.9. The Morgan fingerprint density at radius 2 is 0.303 bits per heavy atom. The highest BCUT2D eigenvalue weighted by Gasteiger charge is 1.73. The molecule has 0 aromatic rings. The van der Waals surface area contributed by atoms with Crippen molar-refractivity contribution in [2.75, 3.05) is 155 Å². The Morgan fingerprint density at radius 1 is 0.303 bits per heavy atom. The summed E-state index contributed by atoms with van der Waals surface area (Å²) in [5.74, 6) is 0. The van der Waals surface area contributed by atoms with Crippen molar-refractivity contribution in [2.24, 2.45) is 0 Å². The van der Waals surface area contributed by atoms with Crippen molar-refractivity contribution in [1.29, 1.82) is 0 Å². The minimum atomic E-state index is -0.611. The molecule has 448 valence electrons. The largest absolute Gasteiger partial charge is 0.412 e. The monoisotopic (exact) mass is 1550 g/mol. The van der Waals surface area contributed by atoms with Crippen LogP contribution in [0.3, 0.4) is 0 Å². The van der Waals surface area contributed by atoms with E-state index in [0.29, 0.717) is 0 Å². The van der Waals surface area contributed by atoms with Gasteiger partial charge in [-0.2, -0.15) is 11.8 Å². The summed E-state index contributed by atoms with van der Waals surface area (Å²) in [6, 6.07) is 0. The summed E-state index contributed by atoms with van der Waals surface area (Å²) >= 11 is 8.70. The van der Waals surface area contributed by atoms with Gasteiger partial charge in [-0.05, 0) is 23.9 Å². The number of thioether (sulfide) groups is 1. The summed E-state index contributed by atoms with van der Waals surface area (Å²) in [4.78, 5) is 0. The molecule has 0 unspecified atom stereocenters. The lowest BCUT2D eigenvalue weighted by Gasteiger charge is -1.73. The van der Waals surface area contributed by atoms with Gasteiger partial charge in [0, 0.05) is 256 Å². The van der Waals surface area contributed by atoms with Crippen LogP contribution in [0.5, 0.6) is 0 Å². The van der Waals surface area contributed by atoms with Gasteiger partial charge in [-0.25, -0.2) is 0 Å². The van der Waals surface area contributed by atoms with Crippen LogP contribution in [0.2, 0.25) is 0 Å². The first-order valence-electron chi connectivity index (χ1n) is 13.6. The fourth-order valence-corrected chi connectivity index (χ4v) is 0. The zero-order valence-corrected chi connectivity index (χ0v) is 55.1. The van der Waals surface area contributed by atoms with Crippen molar-refractivity contribution in [3.05, 3.63) is 0 Å². The van der Waals surface area contributed by atoms with E-state index >= 15 is 0 Å². The average Bonchev–Trinajstić information content (AvgIpc) is 2.75. The maximum absolute atomic E-state index is 9.56. The summed E-state index contributed by atoms with van der Waals surface area (Å²) in [5, 5.41) is 0. The number of hydrogen-bond donors (Lipinski definition) is 0. The molecule has 0 aliphatic rings. The van der Waals surface area contributed by atoms with Gasteiger partial charge in [0.1, 0.15) is 0 Å². The molecule has 28 heteroatoms. The minimum Gasteiger partial charge on any atom is -0.412 e. The highest BCUT2D eigenvalue weighted by atomic mass is 127. The number of halogens is 3. The Balaban J connectivity index is -0.0000000107. The number of rotatable bonds is 0. The van der Waals surface area contributed by atoms with Gasteiger partial charge in [-0.3, -0.25) is 46.3 Å². The molecule has 0 aromatic heterocycles. The Bertz CT molecular complexity index is 654.